The summed E-state index contributed by atoms with van der Waals surface area (Å²) in [6, 6.07) is 3.33. The maximum atomic E-state index is 11.5. The van der Waals surface area contributed by atoms with Crippen molar-refractivity contribution in [1.82, 2.24) is 4.57 Å². The van der Waals surface area contributed by atoms with Crippen LogP contribution in [0.15, 0.2) is 39.2 Å². The minimum absolute atomic E-state index is 0.00683. The second-order valence-corrected chi connectivity index (χ2v) is 4.25. The third-order valence-corrected chi connectivity index (χ3v) is 3.01. The number of hydrogen-bond donors (Lipinski definition) is 0. The number of alkyl halides is 1. The van der Waals surface area contributed by atoms with E-state index in [4.69, 9.17) is 0 Å². The van der Waals surface area contributed by atoms with Crippen molar-refractivity contribution in [3.63, 3.8) is 0 Å². The van der Waals surface area contributed by atoms with Crippen molar-refractivity contribution in [2.75, 3.05) is 12.1 Å². The Kier molecular flexibility index (Phi) is 15.5. The maximum absolute atomic E-state index is 11.5. The van der Waals surface area contributed by atoms with E-state index in [1.54, 1.807) is 16.7 Å². The summed E-state index contributed by atoms with van der Waals surface area (Å²) in [4.78, 5) is 19.8. The van der Waals surface area contributed by atoms with Crippen LogP contribution in [0.25, 0.3) is 5.70 Å². The third-order valence-electron chi connectivity index (χ3n) is 2.43. The summed E-state index contributed by atoms with van der Waals surface area (Å²) >= 11 is 4.37. The fourth-order valence-electron chi connectivity index (χ4n) is 1.47. The lowest BCUT2D eigenvalue weighted by Gasteiger charge is -2.06. The first kappa shape index (κ1) is 23.1. The smallest absolute Gasteiger partial charge is 0.250 e. The van der Waals surface area contributed by atoms with E-state index in [0.29, 0.717) is 11.7 Å². The molecule has 124 valence electrons. The number of amidine groups is 1. The topological polar surface area (TPSA) is 46.7 Å². The highest BCUT2D eigenvalue weighted by molar-refractivity contribution is 9.08. The number of rotatable bonds is 3. The molecule has 0 spiro atoms. The largest absolute Gasteiger partial charge is 0.315 e. The van der Waals surface area contributed by atoms with Crippen molar-refractivity contribution < 1.29 is 0 Å². The Labute approximate surface area is 146 Å². The minimum Gasteiger partial charge on any atom is -0.315 e. The molecule has 0 N–H and O–H groups in total. The first-order chi connectivity index (χ1) is 10.7. The molecule has 0 radical (unpaired) electrons. The van der Waals surface area contributed by atoms with Gasteiger partial charge in [-0.2, -0.15) is 0 Å². The lowest BCUT2D eigenvalue weighted by atomic mass is 10.2. The van der Waals surface area contributed by atoms with Crippen LogP contribution >= 0.6 is 27.7 Å². The monoisotopic (exact) mass is 387 g/mol. The molecule has 22 heavy (non-hydrogen) atoms. The predicted octanol–water partition coefficient (Wildman–Crippen LogP) is 4.69. The van der Waals surface area contributed by atoms with E-state index in [2.05, 4.69) is 32.6 Å². The van der Waals surface area contributed by atoms with Gasteiger partial charge >= 0.3 is 0 Å². The Balaban J connectivity index is 0. The maximum Gasteiger partial charge on any atom is 0.250 e. The molecule has 1 rings (SSSR count). The lowest BCUT2D eigenvalue weighted by molar-refractivity contribution is 0.725. The molecular weight excluding hydrogens is 362 g/mol. The zero-order valence-electron chi connectivity index (χ0n) is 14.3. The van der Waals surface area contributed by atoms with Crippen molar-refractivity contribution in [3.05, 3.63) is 40.3 Å². The number of nitrogens with zero attached hydrogens (tertiary/aromatic N) is 3. The summed E-state index contributed by atoms with van der Waals surface area (Å²) < 4.78 is 1.65. The van der Waals surface area contributed by atoms with Gasteiger partial charge in [0.1, 0.15) is 0 Å². The predicted molar refractivity (Wildman–Crippen MR) is 107 cm³/mol. The van der Waals surface area contributed by atoms with Gasteiger partial charge in [0.05, 0.1) is 5.70 Å². The lowest BCUT2D eigenvalue weighted by Crippen LogP contribution is -2.17. The van der Waals surface area contributed by atoms with Crippen LogP contribution in [0.4, 0.5) is 0 Å². The van der Waals surface area contributed by atoms with E-state index in [0.717, 1.165) is 11.3 Å². The number of hydrogen-bond acceptors (Lipinski definition) is 3. The summed E-state index contributed by atoms with van der Waals surface area (Å²) in [6.45, 7) is 12.0. The fraction of sp³-hybridized carbons (Fsp3) is 0.438. The number of thioether (sulfide) groups is 1. The molecule has 0 unspecified atom stereocenters. The fourth-order valence-corrected chi connectivity index (χ4v) is 1.79. The van der Waals surface area contributed by atoms with Gasteiger partial charge in [0.15, 0.2) is 5.17 Å². The van der Waals surface area contributed by atoms with Gasteiger partial charge < -0.3 is 4.57 Å². The molecule has 0 amide bonds. The molecule has 0 atom stereocenters. The molecule has 0 aliphatic rings. The van der Waals surface area contributed by atoms with Gasteiger partial charge in [0.2, 0.25) is 0 Å². The molecule has 1 heterocycles. The van der Waals surface area contributed by atoms with E-state index in [1.807, 2.05) is 52.1 Å². The highest BCUT2D eigenvalue weighted by Gasteiger charge is 2.03. The van der Waals surface area contributed by atoms with E-state index in [9.17, 15) is 4.79 Å². The van der Waals surface area contributed by atoms with Gasteiger partial charge in [-0.15, -0.1) is 0 Å². The molecule has 1 aromatic heterocycles. The van der Waals surface area contributed by atoms with E-state index < -0.39 is 0 Å². The molecule has 0 aliphatic carbocycles. The zero-order chi connectivity index (χ0) is 17.5. The van der Waals surface area contributed by atoms with E-state index in [-0.39, 0.29) is 5.56 Å². The van der Waals surface area contributed by atoms with Crippen molar-refractivity contribution in [2.45, 2.75) is 34.2 Å². The second kappa shape index (κ2) is 14.8. The summed E-state index contributed by atoms with van der Waals surface area (Å²) in [5, 5.41) is 0.609. The molecule has 0 aliphatic heterocycles. The molecule has 6 heteroatoms. The van der Waals surface area contributed by atoms with Gasteiger partial charge in [-0.3, -0.25) is 4.79 Å². The average molecular weight is 388 g/mol. The Morgan fingerprint density at radius 3 is 2.41 bits per heavy atom. The Bertz CT molecular complexity index is 551. The number of aryl methyl sites for hydroxylation is 1. The van der Waals surface area contributed by atoms with Crippen LogP contribution in [0.3, 0.4) is 0 Å². The van der Waals surface area contributed by atoms with Crippen LogP contribution in [0, 0.1) is 0 Å². The number of aromatic nitrogens is 1. The van der Waals surface area contributed by atoms with Crippen molar-refractivity contribution in [2.24, 2.45) is 9.98 Å². The van der Waals surface area contributed by atoms with Gasteiger partial charge in [-0.05, 0) is 38.7 Å². The standard InChI is InChI=1S/C13H17N3OS.C2H6.CH3Br/c1-5-11(15-13(14-3)18-4)10-7-8-12(17)16(6-2)9-10;2*1-2/h5,7-9H,3,6H2,1-2,4H3;1-2H3;1H3/b11-5-,15-13?;;. The van der Waals surface area contributed by atoms with Crippen LogP contribution in [-0.4, -0.2) is 28.5 Å². The van der Waals surface area contributed by atoms with Gasteiger partial charge in [-0.1, -0.05) is 47.6 Å². The van der Waals surface area contributed by atoms with Gasteiger partial charge in [-0.25, -0.2) is 9.98 Å². The molecule has 1 aromatic rings. The van der Waals surface area contributed by atoms with Crippen LogP contribution in [-0.2, 0) is 6.54 Å². The second-order valence-electron chi connectivity index (χ2n) is 3.47. The highest BCUT2D eigenvalue weighted by atomic mass is 79.9. The summed E-state index contributed by atoms with van der Waals surface area (Å²) in [5.41, 5.74) is 1.68. The molecule has 0 fully saturated rings. The third kappa shape index (κ3) is 7.75. The zero-order valence-corrected chi connectivity index (χ0v) is 16.7. The Morgan fingerprint density at radius 2 is 2.00 bits per heavy atom. The van der Waals surface area contributed by atoms with Gasteiger partial charge in [0.25, 0.3) is 5.56 Å². The van der Waals surface area contributed by atoms with Crippen LogP contribution in [0.5, 0.6) is 0 Å². The van der Waals surface area contributed by atoms with Crippen LogP contribution in [0.2, 0.25) is 0 Å². The Morgan fingerprint density at radius 1 is 1.41 bits per heavy atom. The Hall–Kier alpha value is -1.14. The van der Waals surface area contributed by atoms with E-state index in [1.165, 1.54) is 11.8 Å². The first-order valence-corrected chi connectivity index (χ1v) is 9.81. The summed E-state index contributed by atoms with van der Waals surface area (Å²) in [5.74, 6) is 1.81. The minimum atomic E-state index is -0.00683. The average Bonchev–Trinajstić information content (AvgIpc) is 2.60. The SMILES string of the molecule is C=NC(=N/C(=C\C)c1ccc(=O)n(CC)c1)SC.CBr.CC. The van der Waals surface area contributed by atoms with Crippen molar-refractivity contribution >= 4 is 45.3 Å². The molecule has 0 aromatic carbocycles. The summed E-state index contributed by atoms with van der Waals surface area (Å²) in [6.07, 6.45) is 5.59. The molecular formula is C16H26BrN3OS. The highest BCUT2D eigenvalue weighted by Crippen LogP contribution is 2.16. The first-order valence-electron chi connectivity index (χ1n) is 7.00. The molecule has 0 saturated heterocycles. The van der Waals surface area contributed by atoms with Crippen LogP contribution < -0.4 is 5.56 Å². The number of pyridine rings is 1. The quantitative estimate of drug-likeness (QED) is 0.429. The molecule has 0 saturated carbocycles. The summed E-state index contributed by atoms with van der Waals surface area (Å²) in [7, 11) is 0. The van der Waals surface area contributed by atoms with Crippen molar-refractivity contribution in [1.29, 1.82) is 0 Å². The van der Waals surface area contributed by atoms with E-state index >= 15 is 0 Å². The number of halogens is 1. The van der Waals surface area contributed by atoms with Crippen molar-refractivity contribution in [3.8, 4) is 0 Å². The number of allylic oxidation sites excluding steroid dienone is 1. The van der Waals surface area contributed by atoms with Gasteiger partial charge in [0, 0.05) is 24.4 Å². The molecule has 0 bridgehead atoms. The molecule has 4 nitrogen and oxygen atoms in total. The van der Waals surface area contributed by atoms with Crippen LogP contribution in [0.1, 0.15) is 33.3 Å². The normalized spacial score (nSPS) is 10.9. The number of aliphatic imine (C=N–C) groups is 2.